The molecule has 0 fully saturated rings. The number of nitrogens with one attached hydrogen (secondary N) is 2. The van der Waals surface area contributed by atoms with Gasteiger partial charge in [0.1, 0.15) is 5.82 Å². The Labute approximate surface area is 99.6 Å². The lowest BCUT2D eigenvalue weighted by molar-refractivity contribution is -0.122. The summed E-state index contributed by atoms with van der Waals surface area (Å²) in [4.78, 5) is 28.4. The van der Waals surface area contributed by atoms with E-state index in [1.54, 1.807) is 6.92 Å². The van der Waals surface area contributed by atoms with Crippen LogP contribution in [0.25, 0.3) is 0 Å². The standard InChI is InChI=1S/C10H17N5O2/c1-6(2)11-8(16)5-15(4)10(17)9-12-7(3)13-14-9/h6H,5H2,1-4H3,(H,11,16)(H,12,13,14). The Hall–Kier alpha value is -1.92. The third kappa shape index (κ3) is 3.86. The van der Waals surface area contributed by atoms with E-state index in [0.717, 1.165) is 0 Å². The molecule has 0 aliphatic rings. The Bertz CT molecular complexity index is 413. The Balaban J connectivity index is 2.56. The largest absolute Gasteiger partial charge is 0.352 e. The number of aromatic amines is 1. The van der Waals surface area contributed by atoms with Crippen LogP contribution in [0.15, 0.2) is 0 Å². The fourth-order valence-electron chi connectivity index (χ4n) is 1.26. The van der Waals surface area contributed by atoms with Crippen molar-refractivity contribution in [2.45, 2.75) is 26.8 Å². The van der Waals surface area contributed by atoms with Gasteiger partial charge in [0.2, 0.25) is 11.7 Å². The molecule has 1 rings (SSSR count). The summed E-state index contributed by atoms with van der Waals surface area (Å²) in [5, 5.41) is 9.03. The fourth-order valence-corrected chi connectivity index (χ4v) is 1.26. The molecule has 2 amide bonds. The summed E-state index contributed by atoms with van der Waals surface area (Å²) < 4.78 is 0. The Morgan fingerprint density at radius 2 is 2.12 bits per heavy atom. The van der Waals surface area contributed by atoms with E-state index in [9.17, 15) is 9.59 Å². The van der Waals surface area contributed by atoms with Gasteiger partial charge in [0, 0.05) is 13.1 Å². The molecule has 0 aromatic carbocycles. The first-order valence-corrected chi connectivity index (χ1v) is 5.34. The van der Waals surface area contributed by atoms with Crippen molar-refractivity contribution in [1.82, 2.24) is 25.4 Å². The van der Waals surface area contributed by atoms with Crippen molar-refractivity contribution in [3.63, 3.8) is 0 Å². The highest BCUT2D eigenvalue weighted by molar-refractivity contribution is 5.93. The second-order valence-corrected chi connectivity index (χ2v) is 4.13. The minimum absolute atomic E-state index is 0.00932. The minimum Gasteiger partial charge on any atom is -0.352 e. The zero-order valence-corrected chi connectivity index (χ0v) is 10.4. The van der Waals surface area contributed by atoms with Gasteiger partial charge < -0.3 is 10.2 Å². The first-order chi connectivity index (χ1) is 7.90. The molecule has 2 N–H and O–H groups in total. The van der Waals surface area contributed by atoms with Gasteiger partial charge in [-0.05, 0) is 20.8 Å². The average Bonchev–Trinajstić information content (AvgIpc) is 2.62. The van der Waals surface area contributed by atoms with Crippen LogP contribution in [0.1, 0.15) is 30.3 Å². The topological polar surface area (TPSA) is 91.0 Å². The average molecular weight is 239 g/mol. The van der Waals surface area contributed by atoms with Crippen molar-refractivity contribution in [2.75, 3.05) is 13.6 Å². The number of aryl methyl sites for hydroxylation is 1. The lowest BCUT2D eigenvalue weighted by atomic mass is 10.3. The monoisotopic (exact) mass is 239 g/mol. The highest BCUT2D eigenvalue weighted by Gasteiger charge is 2.18. The molecule has 17 heavy (non-hydrogen) atoms. The number of amides is 2. The molecule has 7 nitrogen and oxygen atoms in total. The molecule has 0 saturated heterocycles. The summed E-state index contributed by atoms with van der Waals surface area (Å²) >= 11 is 0. The van der Waals surface area contributed by atoms with E-state index in [0.29, 0.717) is 5.82 Å². The van der Waals surface area contributed by atoms with Crippen molar-refractivity contribution < 1.29 is 9.59 Å². The van der Waals surface area contributed by atoms with Crippen LogP contribution in [0.2, 0.25) is 0 Å². The van der Waals surface area contributed by atoms with Crippen molar-refractivity contribution >= 4 is 11.8 Å². The number of aromatic nitrogens is 3. The van der Waals surface area contributed by atoms with Gasteiger partial charge in [-0.25, -0.2) is 4.98 Å². The lowest BCUT2D eigenvalue weighted by Gasteiger charge is -2.16. The van der Waals surface area contributed by atoms with Gasteiger partial charge in [0.05, 0.1) is 6.54 Å². The number of carbonyl (C=O) groups is 2. The van der Waals surface area contributed by atoms with Gasteiger partial charge in [-0.2, -0.15) is 0 Å². The first kappa shape index (κ1) is 13.1. The van der Waals surface area contributed by atoms with Crippen LogP contribution in [-0.2, 0) is 4.79 Å². The molecule has 1 aromatic heterocycles. The van der Waals surface area contributed by atoms with Crippen molar-refractivity contribution in [3.05, 3.63) is 11.6 Å². The number of likely N-dealkylation sites (N-methyl/N-ethyl adjacent to an activating group) is 1. The minimum atomic E-state index is -0.381. The van der Waals surface area contributed by atoms with E-state index in [-0.39, 0.29) is 30.2 Å². The normalized spacial score (nSPS) is 10.4. The molecule has 0 atom stereocenters. The van der Waals surface area contributed by atoms with Crippen molar-refractivity contribution in [2.24, 2.45) is 0 Å². The van der Waals surface area contributed by atoms with Gasteiger partial charge >= 0.3 is 0 Å². The number of nitrogens with zero attached hydrogens (tertiary/aromatic N) is 3. The Morgan fingerprint density at radius 1 is 1.47 bits per heavy atom. The number of rotatable bonds is 4. The Kier molecular flexibility index (Phi) is 4.19. The molecular weight excluding hydrogens is 222 g/mol. The second kappa shape index (κ2) is 5.42. The summed E-state index contributed by atoms with van der Waals surface area (Å²) in [6.45, 7) is 5.41. The van der Waals surface area contributed by atoms with Gasteiger partial charge in [-0.1, -0.05) is 0 Å². The summed E-state index contributed by atoms with van der Waals surface area (Å²) in [7, 11) is 1.54. The van der Waals surface area contributed by atoms with Crippen molar-refractivity contribution in [1.29, 1.82) is 0 Å². The zero-order valence-electron chi connectivity index (χ0n) is 10.4. The van der Waals surface area contributed by atoms with Crippen LogP contribution in [0.4, 0.5) is 0 Å². The number of carbonyl (C=O) groups excluding carboxylic acids is 2. The molecular formula is C10H17N5O2. The number of hydrogen-bond donors (Lipinski definition) is 2. The molecule has 0 aliphatic heterocycles. The van der Waals surface area contributed by atoms with E-state index < -0.39 is 0 Å². The summed E-state index contributed by atoms with van der Waals surface area (Å²) in [5.74, 6) is 0.0482. The third-order valence-corrected chi connectivity index (χ3v) is 1.97. The van der Waals surface area contributed by atoms with E-state index in [1.165, 1.54) is 11.9 Å². The van der Waals surface area contributed by atoms with Gasteiger partial charge in [-0.15, -0.1) is 5.10 Å². The van der Waals surface area contributed by atoms with E-state index in [1.807, 2.05) is 13.8 Å². The maximum Gasteiger partial charge on any atom is 0.293 e. The predicted octanol–water partition coefficient (Wildman–Crippen LogP) is -0.290. The van der Waals surface area contributed by atoms with Crippen LogP contribution in [-0.4, -0.2) is 51.5 Å². The molecule has 0 bridgehead atoms. The molecule has 0 spiro atoms. The van der Waals surface area contributed by atoms with Crippen LogP contribution in [0.3, 0.4) is 0 Å². The lowest BCUT2D eigenvalue weighted by Crippen LogP contribution is -2.41. The molecule has 0 radical (unpaired) electrons. The highest BCUT2D eigenvalue weighted by Crippen LogP contribution is 1.97. The predicted molar refractivity (Wildman–Crippen MR) is 61.4 cm³/mol. The van der Waals surface area contributed by atoms with Crippen LogP contribution < -0.4 is 5.32 Å². The van der Waals surface area contributed by atoms with Crippen LogP contribution in [0.5, 0.6) is 0 Å². The maximum atomic E-state index is 11.8. The van der Waals surface area contributed by atoms with Gasteiger partial charge in [-0.3, -0.25) is 14.7 Å². The first-order valence-electron chi connectivity index (χ1n) is 5.34. The van der Waals surface area contributed by atoms with Crippen LogP contribution >= 0.6 is 0 Å². The quantitative estimate of drug-likeness (QED) is 0.755. The molecule has 0 aliphatic carbocycles. The number of H-pyrrole nitrogens is 1. The number of hydrogen-bond acceptors (Lipinski definition) is 4. The fraction of sp³-hybridized carbons (Fsp3) is 0.600. The molecule has 7 heteroatoms. The molecule has 1 heterocycles. The summed E-state index contributed by atoms with van der Waals surface area (Å²) in [5.41, 5.74) is 0. The maximum absolute atomic E-state index is 11.8. The Morgan fingerprint density at radius 3 is 2.59 bits per heavy atom. The summed E-state index contributed by atoms with van der Waals surface area (Å²) in [6.07, 6.45) is 0. The second-order valence-electron chi connectivity index (χ2n) is 4.13. The summed E-state index contributed by atoms with van der Waals surface area (Å²) in [6, 6.07) is 0.0526. The van der Waals surface area contributed by atoms with Gasteiger partial charge in [0.15, 0.2) is 0 Å². The van der Waals surface area contributed by atoms with E-state index in [4.69, 9.17) is 0 Å². The third-order valence-electron chi connectivity index (χ3n) is 1.97. The zero-order chi connectivity index (χ0) is 13.0. The molecule has 94 valence electrons. The smallest absolute Gasteiger partial charge is 0.293 e. The highest BCUT2D eigenvalue weighted by atomic mass is 16.2. The van der Waals surface area contributed by atoms with E-state index in [2.05, 4.69) is 20.5 Å². The van der Waals surface area contributed by atoms with E-state index >= 15 is 0 Å². The molecule has 0 unspecified atom stereocenters. The van der Waals surface area contributed by atoms with Gasteiger partial charge in [0.25, 0.3) is 5.91 Å². The molecule has 1 aromatic rings. The molecule has 0 saturated carbocycles. The SMILES string of the molecule is Cc1nc(C(=O)N(C)CC(=O)NC(C)C)n[nH]1. The van der Waals surface area contributed by atoms with Crippen molar-refractivity contribution in [3.8, 4) is 0 Å². The van der Waals surface area contributed by atoms with Crippen LogP contribution in [0, 0.1) is 6.92 Å².